The molecule has 8 heteroatoms. The minimum Gasteiger partial charge on any atom is -0.457 e. The molecule has 0 amide bonds. The van der Waals surface area contributed by atoms with E-state index in [-0.39, 0.29) is 5.76 Å². The lowest BCUT2D eigenvalue weighted by atomic mass is 10.2. The summed E-state index contributed by atoms with van der Waals surface area (Å²) in [6.45, 7) is 4.35. The molecule has 0 fully saturated rings. The number of fused-ring (bicyclic) bond motifs is 1. The molecule has 0 radical (unpaired) electrons. The number of sulfone groups is 1. The Kier molecular flexibility index (Phi) is 3.56. The summed E-state index contributed by atoms with van der Waals surface area (Å²) >= 11 is 0. The molecule has 21 heavy (non-hydrogen) atoms. The van der Waals surface area contributed by atoms with Crippen LogP contribution in [0.25, 0.3) is 11.0 Å². The average Bonchev–Trinajstić information content (AvgIpc) is 2.75. The van der Waals surface area contributed by atoms with Gasteiger partial charge in [0.1, 0.15) is 11.5 Å². The molecule has 0 atom stereocenters. The van der Waals surface area contributed by atoms with E-state index < -0.39 is 54.6 Å². The van der Waals surface area contributed by atoms with Crippen molar-refractivity contribution in [3.05, 3.63) is 35.1 Å². The van der Waals surface area contributed by atoms with E-state index >= 15 is 0 Å². The molecule has 0 spiro atoms. The zero-order valence-electron chi connectivity index (χ0n) is 11.4. The first-order valence-electron chi connectivity index (χ1n) is 5.92. The zero-order chi connectivity index (χ0) is 16.2. The normalized spacial score (nSPS) is 13.1. The average molecular weight is 324 g/mol. The number of furan rings is 1. The van der Waals surface area contributed by atoms with Gasteiger partial charge in [-0.1, -0.05) is 0 Å². The molecule has 1 aromatic carbocycles. The Hall–Kier alpha value is -1.57. The molecule has 0 bridgehead atoms. The fraction of sp³-hybridized carbons (Fsp3) is 0.385. The van der Waals surface area contributed by atoms with Crippen molar-refractivity contribution in [3.8, 4) is 0 Å². The topological polar surface area (TPSA) is 47.3 Å². The molecule has 0 aliphatic heterocycles. The van der Waals surface area contributed by atoms with Crippen molar-refractivity contribution >= 4 is 20.8 Å². The van der Waals surface area contributed by atoms with Crippen molar-refractivity contribution < 1.29 is 30.4 Å². The van der Waals surface area contributed by atoms with Crippen LogP contribution in [0.1, 0.15) is 26.5 Å². The molecule has 0 aliphatic carbocycles. The van der Waals surface area contributed by atoms with E-state index in [1.165, 1.54) is 20.8 Å². The largest absolute Gasteiger partial charge is 0.457 e. The summed E-state index contributed by atoms with van der Waals surface area (Å²) in [4.78, 5) is 0. The van der Waals surface area contributed by atoms with Crippen LogP contribution in [0.2, 0.25) is 0 Å². The van der Waals surface area contributed by atoms with Gasteiger partial charge in [-0.3, -0.25) is 0 Å². The van der Waals surface area contributed by atoms with Crippen molar-refractivity contribution in [2.75, 3.05) is 0 Å². The molecule has 3 nitrogen and oxygen atoms in total. The van der Waals surface area contributed by atoms with Crippen LogP contribution in [0, 0.1) is 23.3 Å². The van der Waals surface area contributed by atoms with E-state index in [0.717, 1.165) is 6.07 Å². The number of benzene rings is 1. The summed E-state index contributed by atoms with van der Waals surface area (Å²) in [7, 11) is -3.67. The van der Waals surface area contributed by atoms with Crippen molar-refractivity contribution in [1.82, 2.24) is 0 Å². The van der Waals surface area contributed by atoms with Gasteiger partial charge in [0.05, 0.1) is 10.1 Å². The molecule has 2 aromatic rings. The molecule has 1 heterocycles. The molecule has 1 aromatic heterocycles. The third-order valence-corrected chi connectivity index (χ3v) is 5.59. The van der Waals surface area contributed by atoms with E-state index in [4.69, 9.17) is 4.42 Å². The van der Waals surface area contributed by atoms with E-state index in [2.05, 4.69) is 0 Å². The SMILES string of the molecule is CC(C)(C)S(=O)(=O)Cc1cc2c(F)c(F)c(F)c(F)c2o1. The maximum absolute atomic E-state index is 13.5. The molecular weight excluding hydrogens is 312 g/mol. The highest BCUT2D eigenvalue weighted by Crippen LogP contribution is 2.31. The summed E-state index contributed by atoms with van der Waals surface area (Å²) in [6.07, 6.45) is 0. The quantitative estimate of drug-likeness (QED) is 0.481. The highest BCUT2D eigenvalue weighted by atomic mass is 32.2. The Morgan fingerprint density at radius 1 is 1.00 bits per heavy atom. The first-order valence-corrected chi connectivity index (χ1v) is 7.57. The molecule has 0 saturated carbocycles. The Bertz CT molecular complexity index is 771. The zero-order valence-corrected chi connectivity index (χ0v) is 12.2. The fourth-order valence-electron chi connectivity index (χ4n) is 1.65. The molecule has 0 unspecified atom stereocenters. The number of hydrogen-bond donors (Lipinski definition) is 0. The molecule has 0 N–H and O–H groups in total. The van der Waals surface area contributed by atoms with Crippen LogP contribution in [0.15, 0.2) is 10.5 Å². The smallest absolute Gasteiger partial charge is 0.205 e. The lowest BCUT2D eigenvalue weighted by Crippen LogP contribution is -2.29. The van der Waals surface area contributed by atoms with Gasteiger partial charge in [-0.15, -0.1) is 0 Å². The maximum Gasteiger partial charge on any atom is 0.205 e. The van der Waals surface area contributed by atoms with Crippen LogP contribution in [-0.2, 0) is 15.6 Å². The van der Waals surface area contributed by atoms with Crippen LogP contribution in [0.4, 0.5) is 17.6 Å². The summed E-state index contributed by atoms with van der Waals surface area (Å²) < 4.78 is 81.0. The fourth-order valence-corrected chi connectivity index (χ4v) is 2.60. The number of halogens is 4. The Balaban J connectivity index is 2.61. The Morgan fingerprint density at radius 3 is 2.05 bits per heavy atom. The lowest BCUT2D eigenvalue weighted by molar-refractivity contribution is 0.409. The first-order chi connectivity index (χ1) is 9.45. The lowest BCUT2D eigenvalue weighted by Gasteiger charge is -2.17. The Labute approximate surface area is 118 Å². The van der Waals surface area contributed by atoms with Gasteiger partial charge >= 0.3 is 0 Å². The van der Waals surface area contributed by atoms with Gasteiger partial charge in [0.25, 0.3) is 0 Å². The molecule has 0 aliphatic rings. The van der Waals surface area contributed by atoms with Gasteiger partial charge in [-0.05, 0) is 26.8 Å². The third-order valence-electron chi connectivity index (χ3n) is 3.06. The third kappa shape index (κ3) is 2.52. The standard InChI is InChI=1S/C13H12F4O3S/c1-13(2,3)21(18,19)5-6-4-7-8(14)9(15)10(16)11(17)12(7)20-6/h4H,5H2,1-3H3. The van der Waals surface area contributed by atoms with Gasteiger partial charge in [-0.25, -0.2) is 21.6 Å². The minimum absolute atomic E-state index is 0.289. The van der Waals surface area contributed by atoms with Crippen LogP contribution in [-0.4, -0.2) is 13.2 Å². The van der Waals surface area contributed by atoms with Gasteiger partial charge < -0.3 is 4.42 Å². The number of hydrogen-bond acceptors (Lipinski definition) is 3. The second-order valence-corrected chi connectivity index (χ2v) is 8.33. The van der Waals surface area contributed by atoms with Crippen LogP contribution >= 0.6 is 0 Å². The summed E-state index contributed by atoms with van der Waals surface area (Å²) in [5.74, 6) is -8.20. The van der Waals surface area contributed by atoms with Gasteiger partial charge in [0.2, 0.25) is 11.6 Å². The number of rotatable bonds is 2. The molecule has 2 rings (SSSR count). The van der Waals surface area contributed by atoms with Crippen molar-refractivity contribution in [2.45, 2.75) is 31.3 Å². The predicted molar refractivity (Wildman–Crippen MR) is 68.4 cm³/mol. The highest BCUT2D eigenvalue weighted by molar-refractivity contribution is 7.91. The second-order valence-electron chi connectivity index (χ2n) is 5.58. The van der Waals surface area contributed by atoms with Gasteiger partial charge in [0, 0.05) is 0 Å². The van der Waals surface area contributed by atoms with Gasteiger partial charge in [-0.2, -0.15) is 4.39 Å². The summed E-state index contributed by atoms with van der Waals surface area (Å²) in [6, 6.07) is 0.861. The van der Waals surface area contributed by atoms with E-state index in [9.17, 15) is 26.0 Å². The summed E-state index contributed by atoms with van der Waals surface area (Å²) in [5.41, 5.74) is -0.842. The molecule has 0 saturated heterocycles. The van der Waals surface area contributed by atoms with E-state index in [0.29, 0.717) is 0 Å². The Morgan fingerprint density at radius 2 is 1.52 bits per heavy atom. The van der Waals surface area contributed by atoms with Crippen LogP contribution in [0.5, 0.6) is 0 Å². The van der Waals surface area contributed by atoms with Crippen molar-refractivity contribution in [3.63, 3.8) is 0 Å². The van der Waals surface area contributed by atoms with E-state index in [1.807, 2.05) is 0 Å². The summed E-state index contributed by atoms with van der Waals surface area (Å²) in [5, 5.41) is -0.634. The maximum atomic E-state index is 13.5. The monoisotopic (exact) mass is 324 g/mol. The second kappa shape index (κ2) is 4.72. The first kappa shape index (κ1) is 15.8. The predicted octanol–water partition coefficient (Wildman–Crippen LogP) is 3.70. The van der Waals surface area contributed by atoms with Crippen LogP contribution in [0.3, 0.4) is 0 Å². The molecule has 116 valence electrons. The van der Waals surface area contributed by atoms with Gasteiger partial charge in [0.15, 0.2) is 27.1 Å². The van der Waals surface area contributed by atoms with Crippen LogP contribution < -0.4 is 0 Å². The van der Waals surface area contributed by atoms with Crippen molar-refractivity contribution in [1.29, 1.82) is 0 Å². The van der Waals surface area contributed by atoms with Crippen molar-refractivity contribution in [2.24, 2.45) is 0 Å². The minimum atomic E-state index is -3.67. The molecular formula is C13H12F4O3S. The highest BCUT2D eigenvalue weighted by Gasteiger charge is 2.31. The van der Waals surface area contributed by atoms with E-state index in [1.54, 1.807) is 0 Å².